The second-order valence-corrected chi connectivity index (χ2v) is 7.42. The molecule has 2 saturated heterocycles. The fourth-order valence-corrected chi connectivity index (χ4v) is 3.92. The van der Waals surface area contributed by atoms with Gasteiger partial charge in [-0.3, -0.25) is 4.90 Å². The van der Waals surface area contributed by atoms with Crippen molar-refractivity contribution in [2.75, 3.05) is 7.05 Å². The highest BCUT2D eigenvalue weighted by Crippen LogP contribution is 2.47. The Bertz CT molecular complexity index is 372. The maximum absolute atomic E-state index is 11.8. The highest BCUT2D eigenvalue weighted by Gasteiger charge is 2.67. The molecule has 1 atom stereocenters. The minimum Gasteiger partial charge on any atom is -0.437 e. The number of likely N-dealkylation sites (N-methyl/N-ethyl adjacent to an activating group) is 1. The average Bonchev–Trinajstić information content (AvgIpc) is 2.22. The van der Waals surface area contributed by atoms with Crippen molar-refractivity contribution < 1.29 is 20.0 Å². The van der Waals surface area contributed by atoms with E-state index in [0.29, 0.717) is 12.8 Å². The normalized spacial score (nSPS) is 36.8. The summed E-state index contributed by atoms with van der Waals surface area (Å²) in [5.41, 5.74) is -2.22. The third-order valence-electron chi connectivity index (χ3n) is 4.34. The molecule has 0 bridgehead atoms. The summed E-state index contributed by atoms with van der Waals surface area (Å²) in [6.07, 6.45) is 0.854. The molecule has 2 rings (SSSR count). The number of amides is 1. The molecule has 0 radical (unpaired) electrons. The molecule has 5 nitrogen and oxygen atoms in total. The lowest BCUT2D eigenvalue weighted by Crippen LogP contribution is -3.07. The first kappa shape index (κ1) is 13.6. The van der Waals surface area contributed by atoms with Crippen molar-refractivity contribution in [2.45, 2.75) is 69.9 Å². The largest absolute Gasteiger partial charge is 0.437 e. The van der Waals surface area contributed by atoms with Crippen molar-refractivity contribution in [1.82, 2.24) is 4.90 Å². The van der Waals surface area contributed by atoms with Gasteiger partial charge in [-0.2, -0.15) is 0 Å². The Labute approximate surface area is 108 Å². The molecule has 0 aromatic rings. The van der Waals surface area contributed by atoms with Gasteiger partial charge in [0.1, 0.15) is 0 Å². The number of aliphatic hydroxyl groups is 1. The molecular formula is C13H25N2O3+. The number of carbonyl (C=O) groups is 1. The van der Waals surface area contributed by atoms with Gasteiger partial charge in [0, 0.05) is 19.9 Å². The summed E-state index contributed by atoms with van der Waals surface area (Å²) in [6.45, 7) is 10.2. The van der Waals surface area contributed by atoms with Crippen molar-refractivity contribution in [2.24, 2.45) is 0 Å². The quantitative estimate of drug-likeness (QED) is 0.661. The van der Waals surface area contributed by atoms with Crippen molar-refractivity contribution in [3.8, 4) is 0 Å². The van der Waals surface area contributed by atoms with E-state index in [9.17, 15) is 9.90 Å². The van der Waals surface area contributed by atoms with Gasteiger partial charge in [-0.15, -0.1) is 0 Å². The Morgan fingerprint density at radius 2 is 1.61 bits per heavy atom. The molecule has 5 heteroatoms. The van der Waals surface area contributed by atoms with E-state index in [-0.39, 0.29) is 11.1 Å². The minimum atomic E-state index is -1.26. The lowest BCUT2D eigenvalue weighted by molar-refractivity contribution is -0.793. The molecule has 0 aromatic heterocycles. The first-order chi connectivity index (χ1) is 7.91. The van der Waals surface area contributed by atoms with Gasteiger partial charge in [0.25, 0.3) is 0 Å². The van der Waals surface area contributed by atoms with Crippen LogP contribution in [0.15, 0.2) is 0 Å². The lowest BCUT2D eigenvalue weighted by atomic mass is 9.68. The van der Waals surface area contributed by atoms with E-state index in [1.165, 1.54) is 4.90 Å². The monoisotopic (exact) mass is 257 g/mol. The molecule has 18 heavy (non-hydrogen) atoms. The number of piperidine rings is 1. The van der Waals surface area contributed by atoms with Crippen LogP contribution >= 0.6 is 0 Å². The van der Waals surface area contributed by atoms with E-state index >= 15 is 0 Å². The number of nitrogens with two attached hydrogens (primary N) is 1. The summed E-state index contributed by atoms with van der Waals surface area (Å²) in [5, 5.41) is 13.0. The maximum atomic E-state index is 11.8. The van der Waals surface area contributed by atoms with Crippen molar-refractivity contribution in [1.29, 1.82) is 0 Å². The zero-order chi connectivity index (χ0) is 14.0. The van der Waals surface area contributed by atoms with Crippen LogP contribution in [-0.2, 0) is 4.74 Å². The smallest absolute Gasteiger partial charge is 0.412 e. The number of carbonyl (C=O) groups excluding carboxylic acids is 1. The molecule has 104 valence electrons. The van der Waals surface area contributed by atoms with Gasteiger partial charge >= 0.3 is 6.09 Å². The zero-order valence-corrected chi connectivity index (χ0v) is 12.2. The first-order valence-corrected chi connectivity index (χ1v) is 6.47. The Hall–Kier alpha value is -0.810. The fraction of sp³-hybridized carbons (Fsp3) is 0.923. The molecule has 2 aliphatic rings. The number of rotatable bonds is 0. The Morgan fingerprint density at radius 1 is 1.17 bits per heavy atom. The van der Waals surface area contributed by atoms with Crippen LogP contribution in [0.3, 0.4) is 0 Å². The number of nitrogens with zero attached hydrogens (tertiary/aromatic N) is 1. The summed E-state index contributed by atoms with van der Waals surface area (Å²) in [7, 11) is 1.59. The number of hydrogen-bond acceptors (Lipinski definition) is 3. The fourth-order valence-electron chi connectivity index (χ4n) is 3.92. The predicted octanol–water partition coefficient (Wildman–Crippen LogP) is 0.430. The van der Waals surface area contributed by atoms with Gasteiger partial charge in [0.2, 0.25) is 0 Å². The molecule has 0 aromatic carbocycles. The maximum Gasteiger partial charge on any atom is 0.412 e. The van der Waals surface area contributed by atoms with Gasteiger partial charge < -0.3 is 15.2 Å². The summed E-state index contributed by atoms with van der Waals surface area (Å²) in [5.74, 6) is 0. The van der Waals surface area contributed by atoms with Crippen molar-refractivity contribution in [3.63, 3.8) is 0 Å². The van der Waals surface area contributed by atoms with E-state index in [2.05, 4.69) is 33.0 Å². The average molecular weight is 257 g/mol. The second kappa shape index (κ2) is 3.39. The zero-order valence-electron chi connectivity index (χ0n) is 12.2. The van der Waals surface area contributed by atoms with Gasteiger partial charge in [-0.25, -0.2) is 4.79 Å². The Kier molecular flexibility index (Phi) is 2.57. The van der Waals surface area contributed by atoms with E-state index in [0.717, 1.165) is 0 Å². The predicted molar refractivity (Wildman–Crippen MR) is 66.9 cm³/mol. The van der Waals surface area contributed by atoms with Crippen LogP contribution in [0, 0.1) is 0 Å². The molecule has 1 spiro atoms. The van der Waals surface area contributed by atoms with E-state index in [4.69, 9.17) is 4.74 Å². The summed E-state index contributed by atoms with van der Waals surface area (Å²) in [6, 6.07) is 0. The van der Waals surface area contributed by atoms with Gasteiger partial charge in [-0.1, -0.05) is 0 Å². The minimum absolute atomic E-state index is 0.0722. The Morgan fingerprint density at radius 3 is 1.94 bits per heavy atom. The topological polar surface area (TPSA) is 66.4 Å². The lowest BCUT2D eigenvalue weighted by Gasteiger charge is -2.51. The molecular weight excluding hydrogens is 232 g/mol. The van der Waals surface area contributed by atoms with E-state index in [1.807, 2.05) is 0 Å². The van der Waals surface area contributed by atoms with Crippen LogP contribution in [-0.4, -0.2) is 45.6 Å². The highest BCUT2D eigenvalue weighted by atomic mass is 16.6. The second-order valence-electron chi connectivity index (χ2n) is 7.42. The van der Waals surface area contributed by atoms with Crippen LogP contribution in [0.25, 0.3) is 0 Å². The molecule has 0 aliphatic carbocycles. The van der Waals surface area contributed by atoms with Gasteiger partial charge in [-0.05, 0) is 34.6 Å². The molecule has 2 fully saturated rings. The SMILES string of the molecule is CN1C(=O)OC2(CC(C)(C)[NH2+]C(C)(C)C2)C1(C)O. The number of quaternary nitrogens is 1. The van der Waals surface area contributed by atoms with E-state index in [1.54, 1.807) is 14.0 Å². The standard InChI is InChI=1S/C13H24N2O3/c1-10(2)7-13(8-11(3,4)14-10)12(5,17)15(6)9(16)18-13/h14,17H,7-8H2,1-6H3/p+1. The summed E-state index contributed by atoms with van der Waals surface area (Å²) < 4.78 is 5.61. The molecule has 1 amide bonds. The number of hydrogen-bond donors (Lipinski definition) is 2. The van der Waals surface area contributed by atoms with Crippen LogP contribution < -0.4 is 5.32 Å². The molecule has 2 heterocycles. The summed E-state index contributed by atoms with van der Waals surface area (Å²) in [4.78, 5) is 13.1. The van der Waals surface area contributed by atoms with Crippen LogP contribution in [0.2, 0.25) is 0 Å². The van der Waals surface area contributed by atoms with E-state index < -0.39 is 17.4 Å². The van der Waals surface area contributed by atoms with Crippen LogP contribution in [0.5, 0.6) is 0 Å². The molecule has 3 N–H and O–H groups in total. The van der Waals surface area contributed by atoms with Crippen molar-refractivity contribution in [3.05, 3.63) is 0 Å². The Balaban J connectivity index is 2.45. The van der Waals surface area contributed by atoms with Crippen LogP contribution in [0.4, 0.5) is 4.79 Å². The van der Waals surface area contributed by atoms with Crippen molar-refractivity contribution >= 4 is 6.09 Å². The number of ether oxygens (including phenoxy) is 1. The third-order valence-corrected chi connectivity index (χ3v) is 4.34. The van der Waals surface area contributed by atoms with Gasteiger partial charge in [0.05, 0.1) is 11.1 Å². The van der Waals surface area contributed by atoms with Crippen LogP contribution in [0.1, 0.15) is 47.5 Å². The molecule has 1 unspecified atom stereocenters. The third kappa shape index (κ3) is 1.80. The van der Waals surface area contributed by atoms with Gasteiger partial charge in [0.15, 0.2) is 11.3 Å². The first-order valence-electron chi connectivity index (χ1n) is 6.47. The summed E-state index contributed by atoms with van der Waals surface area (Å²) >= 11 is 0. The molecule has 0 saturated carbocycles. The highest BCUT2D eigenvalue weighted by molar-refractivity contribution is 5.72. The molecule has 2 aliphatic heterocycles.